The zero-order chi connectivity index (χ0) is 15.5. The monoisotopic (exact) mass is 295 g/mol. The van der Waals surface area contributed by atoms with Gasteiger partial charge in [-0.3, -0.25) is 4.79 Å². The molecule has 0 radical (unpaired) electrons. The van der Waals surface area contributed by atoms with Gasteiger partial charge in [0.2, 0.25) is 5.91 Å². The Kier molecular flexibility index (Phi) is 4.25. The highest BCUT2D eigenvalue weighted by Crippen LogP contribution is 2.29. The summed E-state index contributed by atoms with van der Waals surface area (Å²) in [5.41, 5.74) is 1.99. The Morgan fingerprint density at radius 1 is 1.00 bits per heavy atom. The van der Waals surface area contributed by atoms with Crippen molar-refractivity contribution in [2.75, 3.05) is 13.1 Å². The van der Waals surface area contributed by atoms with Crippen molar-refractivity contribution in [3.63, 3.8) is 0 Å². The SMILES string of the molecule is CC1CN(C(=O)C(c2ccccc2)c2ccccc2)CC1O. The summed E-state index contributed by atoms with van der Waals surface area (Å²) in [6.07, 6.45) is -0.420. The van der Waals surface area contributed by atoms with Gasteiger partial charge in [-0.25, -0.2) is 0 Å². The second kappa shape index (κ2) is 6.32. The molecule has 1 aliphatic heterocycles. The summed E-state index contributed by atoms with van der Waals surface area (Å²) < 4.78 is 0. The summed E-state index contributed by atoms with van der Waals surface area (Å²) >= 11 is 0. The first-order valence-electron chi connectivity index (χ1n) is 7.73. The molecule has 1 heterocycles. The van der Waals surface area contributed by atoms with Gasteiger partial charge in [-0.1, -0.05) is 67.6 Å². The molecule has 1 saturated heterocycles. The van der Waals surface area contributed by atoms with Crippen molar-refractivity contribution in [3.8, 4) is 0 Å². The van der Waals surface area contributed by atoms with Gasteiger partial charge in [0.15, 0.2) is 0 Å². The van der Waals surface area contributed by atoms with E-state index in [1.807, 2.05) is 67.6 Å². The molecule has 2 aromatic carbocycles. The molecule has 22 heavy (non-hydrogen) atoms. The van der Waals surface area contributed by atoms with Crippen molar-refractivity contribution in [2.24, 2.45) is 5.92 Å². The van der Waals surface area contributed by atoms with E-state index in [9.17, 15) is 9.90 Å². The molecule has 114 valence electrons. The standard InChI is InChI=1S/C19H21NO2/c1-14-12-20(13-17(14)21)19(22)18(15-8-4-2-5-9-15)16-10-6-3-7-11-16/h2-11,14,17-18,21H,12-13H2,1H3. The Balaban J connectivity index is 1.94. The summed E-state index contributed by atoms with van der Waals surface area (Å²) in [4.78, 5) is 14.8. The van der Waals surface area contributed by atoms with E-state index in [4.69, 9.17) is 0 Å². The summed E-state index contributed by atoms with van der Waals surface area (Å²) in [6, 6.07) is 19.7. The van der Waals surface area contributed by atoms with E-state index in [0.717, 1.165) is 11.1 Å². The van der Waals surface area contributed by atoms with Crippen molar-refractivity contribution in [2.45, 2.75) is 18.9 Å². The molecule has 3 heteroatoms. The van der Waals surface area contributed by atoms with E-state index < -0.39 is 6.10 Å². The molecule has 0 aliphatic carbocycles. The van der Waals surface area contributed by atoms with Gasteiger partial charge >= 0.3 is 0 Å². The van der Waals surface area contributed by atoms with Crippen LogP contribution >= 0.6 is 0 Å². The third-order valence-corrected chi connectivity index (χ3v) is 4.40. The van der Waals surface area contributed by atoms with Crippen molar-refractivity contribution >= 4 is 5.91 Å². The minimum Gasteiger partial charge on any atom is -0.391 e. The zero-order valence-corrected chi connectivity index (χ0v) is 12.7. The van der Waals surface area contributed by atoms with Gasteiger partial charge in [0.25, 0.3) is 0 Å². The number of aliphatic hydroxyl groups excluding tert-OH is 1. The van der Waals surface area contributed by atoms with E-state index in [1.165, 1.54) is 0 Å². The molecule has 0 aromatic heterocycles. The van der Waals surface area contributed by atoms with E-state index in [0.29, 0.717) is 13.1 Å². The lowest BCUT2D eigenvalue weighted by Gasteiger charge is -2.24. The van der Waals surface area contributed by atoms with Crippen molar-refractivity contribution < 1.29 is 9.90 Å². The molecule has 2 aromatic rings. The van der Waals surface area contributed by atoms with Crippen molar-refractivity contribution in [1.29, 1.82) is 0 Å². The molecule has 1 N–H and O–H groups in total. The number of aliphatic hydroxyl groups is 1. The van der Waals surface area contributed by atoms with Crippen LogP contribution in [0.4, 0.5) is 0 Å². The summed E-state index contributed by atoms with van der Waals surface area (Å²) in [5, 5.41) is 9.95. The third kappa shape index (κ3) is 2.90. The summed E-state index contributed by atoms with van der Waals surface area (Å²) in [7, 11) is 0. The van der Waals surface area contributed by atoms with E-state index >= 15 is 0 Å². The number of carbonyl (C=O) groups is 1. The average Bonchev–Trinajstić information content (AvgIpc) is 2.89. The second-order valence-corrected chi connectivity index (χ2v) is 6.04. The predicted molar refractivity (Wildman–Crippen MR) is 86.5 cm³/mol. The second-order valence-electron chi connectivity index (χ2n) is 6.04. The fraction of sp³-hybridized carbons (Fsp3) is 0.316. The zero-order valence-electron chi connectivity index (χ0n) is 12.7. The van der Waals surface area contributed by atoms with Gasteiger partial charge in [-0.05, 0) is 11.1 Å². The van der Waals surface area contributed by atoms with Crippen LogP contribution in [0.5, 0.6) is 0 Å². The maximum Gasteiger partial charge on any atom is 0.234 e. The molecule has 3 rings (SSSR count). The lowest BCUT2D eigenvalue weighted by Crippen LogP contribution is -2.34. The van der Waals surface area contributed by atoms with Crippen LogP contribution in [0.15, 0.2) is 60.7 Å². The molecule has 1 aliphatic rings. The number of amides is 1. The Morgan fingerprint density at radius 3 is 1.91 bits per heavy atom. The van der Waals surface area contributed by atoms with Gasteiger partial charge in [0, 0.05) is 19.0 Å². The van der Waals surface area contributed by atoms with Crippen molar-refractivity contribution in [1.82, 2.24) is 4.90 Å². The van der Waals surface area contributed by atoms with E-state index in [2.05, 4.69) is 0 Å². The smallest absolute Gasteiger partial charge is 0.234 e. The van der Waals surface area contributed by atoms with Crippen LogP contribution in [0, 0.1) is 5.92 Å². The minimum absolute atomic E-state index is 0.0702. The Labute approximate surface area is 131 Å². The Bertz CT molecular complexity index is 577. The first-order chi connectivity index (χ1) is 10.7. The normalized spacial score (nSPS) is 21.3. The number of β-amino-alcohol motifs (C(OH)–C–C–N with tert-alkyl or cyclic N) is 1. The first kappa shape index (κ1) is 14.8. The summed E-state index contributed by atoms with van der Waals surface area (Å²) in [6.45, 7) is 3.03. The van der Waals surface area contributed by atoms with Crippen LogP contribution in [-0.2, 0) is 4.79 Å². The van der Waals surface area contributed by atoms with Gasteiger partial charge in [0.1, 0.15) is 0 Å². The molecule has 1 amide bonds. The molecule has 2 atom stereocenters. The fourth-order valence-electron chi connectivity index (χ4n) is 3.08. The number of benzene rings is 2. The van der Waals surface area contributed by atoms with Gasteiger partial charge in [-0.15, -0.1) is 0 Å². The van der Waals surface area contributed by atoms with Crippen molar-refractivity contribution in [3.05, 3.63) is 71.8 Å². The molecule has 0 bridgehead atoms. The quantitative estimate of drug-likeness (QED) is 0.945. The fourth-order valence-corrected chi connectivity index (χ4v) is 3.08. The highest BCUT2D eigenvalue weighted by atomic mass is 16.3. The lowest BCUT2D eigenvalue weighted by atomic mass is 9.90. The Hall–Kier alpha value is -2.13. The predicted octanol–water partition coefficient (Wildman–Crippen LogP) is 2.66. The van der Waals surface area contributed by atoms with Crippen LogP contribution in [0.3, 0.4) is 0 Å². The van der Waals surface area contributed by atoms with Crippen LogP contribution in [0.1, 0.15) is 24.0 Å². The number of rotatable bonds is 3. The molecule has 1 fully saturated rings. The number of carbonyl (C=O) groups excluding carboxylic acids is 1. The van der Waals surface area contributed by atoms with E-state index in [-0.39, 0.29) is 17.7 Å². The number of hydrogen-bond donors (Lipinski definition) is 1. The molecule has 0 spiro atoms. The lowest BCUT2D eigenvalue weighted by molar-refractivity contribution is -0.131. The van der Waals surface area contributed by atoms with Gasteiger partial charge in [-0.2, -0.15) is 0 Å². The minimum atomic E-state index is -0.420. The Morgan fingerprint density at radius 2 is 1.50 bits per heavy atom. The number of likely N-dealkylation sites (tertiary alicyclic amines) is 1. The van der Waals surface area contributed by atoms with Crippen LogP contribution in [-0.4, -0.2) is 35.1 Å². The largest absolute Gasteiger partial charge is 0.391 e. The molecular weight excluding hydrogens is 274 g/mol. The van der Waals surface area contributed by atoms with Crippen LogP contribution in [0.25, 0.3) is 0 Å². The van der Waals surface area contributed by atoms with Gasteiger partial charge < -0.3 is 10.0 Å². The summed E-state index contributed by atoms with van der Waals surface area (Å²) in [5.74, 6) is -0.100. The van der Waals surface area contributed by atoms with Gasteiger partial charge in [0.05, 0.1) is 12.0 Å². The van der Waals surface area contributed by atoms with E-state index in [1.54, 1.807) is 4.90 Å². The number of nitrogens with zero attached hydrogens (tertiary/aromatic N) is 1. The third-order valence-electron chi connectivity index (χ3n) is 4.40. The number of hydrogen-bond acceptors (Lipinski definition) is 2. The maximum atomic E-state index is 13.1. The highest BCUT2D eigenvalue weighted by Gasteiger charge is 2.35. The highest BCUT2D eigenvalue weighted by molar-refractivity contribution is 5.87. The topological polar surface area (TPSA) is 40.5 Å². The molecule has 0 saturated carbocycles. The van der Waals surface area contributed by atoms with Crippen LogP contribution in [0.2, 0.25) is 0 Å². The average molecular weight is 295 g/mol. The van der Waals surface area contributed by atoms with Crippen LogP contribution < -0.4 is 0 Å². The molecule has 2 unspecified atom stereocenters. The molecule has 3 nitrogen and oxygen atoms in total. The molecular formula is C19H21NO2. The maximum absolute atomic E-state index is 13.1. The first-order valence-corrected chi connectivity index (χ1v) is 7.73.